The molecule has 0 spiro atoms. The Hall–Kier alpha value is -0.650. The second-order valence-corrected chi connectivity index (χ2v) is 2.63. The lowest BCUT2D eigenvalue weighted by Crippen LogP contribution is -2.30. The van der Waals surface area contributed by atoms with E-state index in [1.807, 2.05) is 0 Å². The van der Waals surface area contributed by atoms with Crippen LogP contribution in [0, 0.1) is 17.2 Å². The van der Waals surface area contributed by atoms with Crippen LogP contribution in [0.5, 0.6) is 0 Å². The maximum atomic E-state index is 12.6. The van der Waals surface area contributed by atoms with Gasteiger partial charge in [-0.1, -0.05) is 0 Å². The van der Waals surface area contributed by atoms with E-state index in [4.69, 9.17) is 5.26 Å². The second kappa shape index (κ2) is 2.96. The van der Waals surface area contributed by atoms with E-state index < -0.39 is 18.3 Å². The molecule has 1 fully saturated rings. The molecule has 0 aromatic heterocycles. The highest BCUT2D eigenvalue weighted by atomic mass is 19.2. The van der Waals surface area contributed by atoms with Crippen LogP contribution in [0.25, 0.3) is 0 Å². The first-order chi connectivity index (χ1) is 4.75. The van der Waals surface area contributed by atoms with Crippen molar-refractivity contribution in [1.29, 1.82) is 5.26 Å². The van der Waals surface area contributed by atoms with Crippen molar-refractivity contribution in [2.24, 2.45) is 5.92 Å². The normalized spacial score (nSPS) is 40.7. The van der Waals surface area contributed by atoms with Crippen molar-refractivity contribution >= 4 is 0 Å². The topological polar surface area (TPSA) is 23.8 Å². The number of rotatable bonds is 0. The molecule has 3 heteroatoms. The molecule has 56 valence electrons. The molecule has 1 aliphatic carbocycles. The summed E-state index contributed by atoms with van der Waals surface area (Å²) < 4.78 is 25.1. The molecule has 0 N–H and O–H groups in total. The Labute approximate surface area is 58.6 Å². The Morgan fingerprint density at radius 3 is 2.50 bits per heavy atom. The molecule has 1 saturated carbocycles. The lowest BCUT2D eigenvalue weighted by molar-refractivity contribution is 0.0900. The Balaban J connectivity index is 2.53. The molecule has 0 aliphatic heterocycles. The number of alkyl halides is 2. The zero-order valence-corrected chi connectivity index (χ0v) is 5.56. The van der Waals surface area contributed by atoms with E-state index in [0.29, 0.717) is 12.8 Å². The highest BCUT2D eigenvalue weighted by Crippen LogP contribution is 2.28. The van der Waals surface area contributed by atoms with E-state index in [1.54, 1.807) is 6.07 Å². The summed E-state index contributed by atoms with van der Waals surface area (Å²) in [4.78, 5) is 0. The number of nitrogens with zero attached hydrogens (tertiary/aromatic N) is 1. The van der Waals surface area contributed by atoms with Crippen LogP contribution in [0.1, 0.15) is 19.3 Å². The molecule has 10 heavy (non-hydrogen) atoms. The smallest absolute Gasteiger partial charge is 0.147 e. The van der Waals surface area contributed by atoms with Gasteiger partial charge < -0.3 is 0 Å². The summed E-state index contributed by atoms with van der Waals surface area (Å²) in [6.07, 6.45) is -1.52. The van der Waals surface area contributed by atoms with Gasteiger partial charge in [0.2, 0.25) is 0 Å². The molecule has 0 radical (unpaired) electrons. The molecule has 0 bridgehead atoms. The number of halogens is 2. The zero-order valence-electron chi connectivity index (χ0n) is 5.56. The molecule has 1 rings (SSSR count). The van der Waals surface area contributed by atoms with Crippen LogP contribution < -0.4 is 0 Å². The van der Waals surface area contributed by atoms with Crippen LogP contribution in [-0.2, 0) is 0 Å². The molecule has 1 aliphatic rings. The molecule has 0 amide bonds. The zero-order chi connectivity index (χ0) is 7.56. The number of hydrogen-bond acceptors (Lipinski definition) is 1. The van der Waals surface area contributed by atoms with Crippen molar-refractivity contribution in [1.82, 2.24) is 0 Å². The van der Waals surface area contributed by atoms with Gasteiger partial charge in [0.15, 0.2) is 0 Å². The van der Waals surface area contributed by atoms with E-state index in [2.05, 4.69) is 0 Å². The second-order valence-electron chi connectivity index (χ2n) is 2.63. The van der Waals surface area contributed by atoms with Crippen molar-refractivity contribution in [2.75, 3.05) is 0 Å². The fourth-order valence-corrected chi connectivity index (χ4v) is 1.24. The summed E-state index contributed by atoms with van der Waals surface area (Å²) in [5.41, 5.74) is 0. The van der Waals surface area contributed by atoms with Crippen LogP contribution in [0.15, 0.2) is 0 Å². The third-order valence-electron chi connectivity index (χ3n) is 1.89. The third-order valence-corrected chi connectivity index (χ3v) is 1.89. The molecular weight excluding hydrogens is 136 g/mol. The summed E-state index contributed by atoms with van der Waals surface area (Å²) in [6, 6.07) is 1.77. The van der Waals surface area contributed by atoms with Crippen LogP contribution >= 0.6 is 0 Å². The number of nitriles is 1. The van der Waals surface area contributed by atoms with Crippen molar-refractivity contribution < 1.29 is 8.78 Å². The highest BCUT2D eigenvalue weighted by molar-refractivity contribution is 4.94. The van der Waals surface area contributed by atoms with E-state index in [-0.39, 0.29) is 6.42 Å². The molecule has 3 unspecified atom stereocenters. The Kier molecular flexibility index (Phi) is 2.21. The standard InChI is InChI=1S/C7H9F2N/c8-6-3-1-2-5(4-10)7(6)9/h5-7H,1-3H2. The first-order valence-corrected chi connectivity index (χ1v) is 3.43. The van der Waals surface area contributed by atoms with Gasteiger partial charge in [-0.2, -0.15) is 5.26 Å². The fraction of sp³-hybridized carbons (Fsp3) is 0.857. The average Bonchev–Trinajstić information content (AvgIpc) is 1.95. The lowest BCUT2D eigenvalue weighted by atomic mass is 9.87. The molecule has 0 heterocycles. The van der Waals surface area contributed by atoms with E-state index in [1.165, 1.54) is 0 Å². The van der Waals surface area contributed by atoms with Gasteiger partial charge in [0.05, 0.1) is 12.0 Å². The predicted octanol–water partition coefficient (Wildman–Crippen LogP) is 1.99. The van der Waals surface area contributed by atoms with Gasteiger partial charge in [-0.3, -0.25) is 0 Å². The molecule has 1 nitrogen and oxygen atoms in total. The summed E-state index contributed by atoms with van der Waals surface area (Å²) in [6.45, 7) is 0. The molecule has 3 atom stereocenters. The molecule has 0 saturated heterocycles. The van der Waals surface area contributed by atoms with Crippen LogP contribution in [0.3, 0.4) is 0 Å². The fourth-order valence-electron chi connectivity index (χ4n) is 1.24. The Bertz CT molecular complexity index is 152. The van der Waals surface area contributed by atoms with E-state index in [9.17, 15) is 8.78 Å². The minimum atomic E-state index is -1.54. The minimum Gasteiger partial charge on any atom is -0.244 e. The van der Waals surface area contributed by atoms with Crippen molar-refractivity contribution in [3.05, 3.63) is 0 Å². The van der Waals surface area contributed by atoms with Crippen LogP contribution in [-0.4, -0.2) is 12.3 Å². The summed E-state index contributed by atoms with van der Waals surface area (Å²) in [5, 5.41) is 8.32. The Morgan fingerprint density at radius 1 is 1.30 bits per heavy atom. The SMILES string of the molecule is N#CC1CCCC(F)C1F. The van der Waals surface area contributed by atoms with E-state index >= 15 is 0 Å². The first kappa shape index (κ1) is 7.46. The Morgan fingerprint density at radius 2 is 2.00 bits per heavy atom. The molecule has 0 aromatic carbocycles. The largest absolute Gasteiger partial charge is 0.244 e. The van der Waals surface area contributed by atoms with Gasteiger partial charge in [-0.15, -0.1) is 0 Å². The number of hydrogen-bond donors (Lipinski definition) is 0. The highest BCUT2D eigenvalue weighted by Gasteiger charge is 2.33. The third kappa shape index (κ3) is 1.26. The summed E-state index contributed by atoms with van der Waals surface area (Å²) in [7, 11) is 0. The average molecular weight is 145 g/mol. The summed E-state index contributed by atoms with van der Waals surface area (Å²) in [5.74, 6) is -0.705. The van der Waals surface area contributed by atoms with Gasteiger partial charge in [-0.25, -0.2) is 8.78 Å². The first-order valence-electron chi connectivity index (χ1n) is 3.43. The van der Waals surface area contributed by atoms with Gasteiger partial charge >= 0.3 is 0 Å². The summed E-state index contributed by atoms with van der Waals surface area (Å²) >= 11 is 0. The van der Waals surface area contributed by atoms with E-state index in [0.717, 1.165) is 0 Å². The minimum absolute atomic E-state index is 0.277. The van der Waals surface area contributed by atoms with Gasteiger partial charge in [-0.05, 0) is 19.3 Å². The molecule has 0 aromatic rings. The molecular formula is C7H9F2N. The maximum Gasteiger partial charge on any atom is 0.147 e. The predicted molar refractivity (Wildman–Crippen MR) is 32.7 cm³/mol. The lowest BCUT2D eigenvalue weighted by Gasteiger charge is -2.23. The maximum absolute atomic E-state index is 12.6. The quantitative estimate of drug-likeness (QED) is 0.511. The van der Waals surface area contributed by atoms with Crippen molar-refractivity contribution in [3.63, 3.8) is 0 Å². The van der Waals surface area contributed by atoms with Crippen molar-refractivity contribution in [2.45, 2.75) is 31.6 Å². The van der Waals surface area contributed by atoms with Crippen molar-refractivity contribution in [3.8, 4) is 6.07 Å². The van der Waals surface area contributed by atoms with Gasteiger partial charge in [0.1, 0.15) is 12.3 Å². The van der Waals surface area contributed by atoms with Crippen LogP contribution in [0.4, 0.5) is 8.78 Å². The van der Waals surface area contributed by atoms with Crippen LogP contribution in [0.2, 0.25) is 0 Å². The monoisotopic (exact) mass is 145 g/mol. The van der Waals surface area contributed by atoms with Gasteiger partial charge in [0, 0.05) is 0 Å². The van der Waals surface area contributed by atoms with Gasteiger partial charge in [0.25, 0.3) is 0 Å².